The largest absolute Gasteiger partial charge is 0.448 e. The predicted molar refractivity (Wildman–Crippen MR) is 81.9 cm³/mol. The highest BCUT2D eigenvalue weighted by atomic mass is 79.9. The molecule has 1 aromatic heterocycles. The van der Waals surface area contributed by atoms with Gasteiger partial charge in [-0.1, -0.05) is 22.0 Å². The van der Waals surface area contributed by atoms with Crippen LogP contribution in [0.3, 0.4) is 0 Å². The molecule has 2 aromatic rings. The molecule has 1 heterocycles. The standard InChI is InChI=1S/C15H13BrN2O3/c1-10(21-15(20)13-4-2-3-9-17-13)14(19)18-12-7-5-11(16)6-8-12/h2-10H,1H3,(H,18,19)/t10-/m1/s1. The Balaban J connectivity index is 1.93. The van der Waals surface area contributed by atoms with Crippen LogP contribution < -0.4 is 5.32 Å². The van der Waals surface area contributed by atoms with E-state index in [9.17, 15) is 9.59 Å². The van der Waals surface area contributed by atoms with E-state index in [0.717, 1.165) is 4.47 Å². The van der Waals surface area contributed by atoms with Gasteiger partial charge in [0.1, 0.15) is 5.69 Å². The second kappa shape index (κ2) is 6.99. The maximum atomic E-state index is 11.9. The number of esters is 1. The Hall–Kier alpha value is -2.21. The van der Waals surface area contributed by atoms with Crippen molar-refractivity contribution in [3.8, 4) is 0 Å². The fourth-order valence-corrected chi connectivity index (χ4v) is 1.80. The van der Waals surface area contributed by atoms with Crippen molar-refractivity contribution >= 4 is 33.5 Å². The second-order valence-electron chi connectivity index (χ2n) is 4.26. The molecule has 0 aliphatic rings. The van der Waals surface area contributed by atoms with Crippen LogP contribution in [0.4, 0.5) is 5.69 Å². The van der Waals surface area contributed by atoms with Gasteiger partial charge in [-0.05, 0) is 43.3 Å². The third-order valence-electron chi connectivity index (χ3n) is 2.64. The molecule has 0 saturated carbocycles. The first-order valence-corrected chi connectivity index (χ1v) is 7.04. The minimum Gasteiger partial charge on any atom is -0.448 e. The predicted octanol–water partition coefficient (Wildman–Crippen LogP) is 3.03. The molecular formula is C15H13BrN2O3. The lowest BCUT2D eigenvalue weighted by Gasteiger charge is -2.13. The number of pyridine rings is 1. The van der Waals surface area contributed by atoms with Gasteiger partial charge in [-0.2, -0.15) is 0 Å². The smallest absolute Gasteiger partial charge is 0.357 e. The van der Waals surface area contributed by atoms with Gasteiger partial charge in [0.2, 0.25) is 0 Å². The van der Waals surface area contributed by atoms with Gasteiger partial charge in [-0.3, -0.25) is 4.79 Å². The number of aromatic nitrogens is 1. The van der Waals surface area contributed by atoms with Crippen LogP contribution in [0.5, 0.6) is 0 Å². The first kappa shape index (κ1) is 15.2. The van der Waals surface area contributed by atoms with Crippen molar-refractivity contribution in [3.63, 3.8) is 0 Å². The lowest BCUT2D eigenvalue weighted by atomic mass is 10.3. The molecule has 2 rings (SSSR count). The zero-order chi connectivity index (χ0) is 15.2. The van der Waals surface area contributed by atoms with Gasteiger partial charge >= 0.3 is 5.97 Å². The zero-order valence-corrected chi connectivity index (χ0v) is 12.8. The average molecular weight is 349 g/mol. The highest BCUT2D eigenvalue weighted by molar-refractivity contribution is 9.10. The quantitative estimate of drug-likeness (QED) is 0.862. The molecule has 0 aliphatic carbocycles. The highest BCUT2D eigenvalue weighted by Gasteiger charge is 2.19. The van der Waals surface area contributed by atoms with Crippen molar-refractivity contribution in [2.75, 3.05) is 5.32 Å². The molecule has 1 N–H and O–H groups in total. The van der Waals surface area contributed by atoms with Gasteiger partial charge in [0.25, 0.3) is 5.91 Å². The molecule has 6 heteroatoms. The van der Waals surface area contributed by atoms with E-state index in [-0.39, 0.29) is 5.69 Å². The van der Waals surface area contributed by atoms with Gasteiger partial charge in [0.05, 0.1) is 0 Å². The van der Waals surface area contributed by atoms with Crippen molar-refractivity contribution in [2.45, 2.75) is 13.0 Å². The topological polar surface area (TPSA) is 68.3 Å². The first-order chi connectivity index (χ1) is 10.1. The third kappa shape index (κ3) is 4.39. The van der Waals surface area contributed by atoms with Crippen LogP contribution in [0.2, 0.25) is 0 Å². The number of nitrogens with zero attached hydrogens (tertiary/aromatic N) is 1. The fourth-order valence-electron chi connectivity index (χ4n) is 1.54. The minimum absolute atomic E-state index is 0.167. The maximum absolute atomic E-state index is 11.9. The number of halogens is 1. The van der Waals surface area contributed by atoms with E-state index in [0.29, 0.717) is 5.69 Å². The SMILES string of the molecule is C[C@@H](OC(=O)c1ccccn1)C(=O)Nc1ccc(Br)cc1. The molecule has 0 aliphatic heterocycles. The molecule has 1 aromatic carbocycles. The van der Waals surface area contributed by atoms with Crippen LogP contribution in [0.15, 0.2) is 53.1 Å². The van der Waals surface area contributed by atoms with Gasteiger partial charge in [0.15, 0.2) is 6.10 Å². The van der Waals surface area contributed by atoms with Crippen LogP contribution in [-0.2, 0) is 9.53 Å². The number of hydrogen-bond acceptors (Lipinski definition) is 4. The number of carbonyl (C=O) groups is 2. The number of carbonyl (C=O) groups excluding carboxylic acids is 2. The van der Waals surface area contributed by atoms with E-state index >= 15 is 0 Å². The van der Waals surface area contributed by atoms with Crippen LogP contribution in [0.1, 0.15) is 17.4 Å². The molecule has 1 amide bonds. The van der Waals surface area contributed by atoms with Crippen molar-refractivity contribution in [1.29, 1.82) is 0 Å². The summed E-state index contributed by atoms with van der Waals surface area (Å²) < 4.78 is 5.98. The summed E-state index contributed by atoms with van der Waals surface area (Å²) in [5.41, 5.74) is 0.796. The second-order valence-corrected chi connectivity index (χ2v) is 5.17. The van der Waals surface area contributed by atoms with Crippen LogP contribution in [-0.4, -0.2) is 23.0 Å². The molecule has 0 radical (unpaired) electrons. The number of benzene rings is 1. The van der Waals surface area contributed by atoms with Gasteiger partial charge in [0, 0.05) is 16.4 Å². The number of amides is 1. The number of anilines is 1. The van der Waals surface area contributed by atoms with Crippen LogP contribution in [0.25, 0.3) is 0 Å². The van der Waals surface area contributed by atoms with E-state index in [1.165, 1.54) is 19.2 Å². The van der Waals surface area contributed by atoms with Crippen molar-refractivity contribution in [2.24, 2.45) is 0 Å². The number of nitrogens with one attached hydrogen (secondary N) is 1. The van der Waals surface area contributed by atoms with Gasteiger partial charge in [-0.15, -0.1) is 0 Å². The summed E-state index contributed by atoms with van der Waals surface area (Å²) in [5, 5.41) is 2.67. The lowest BCUT2D eigenvalue weighted by molar-refractivity contribution is -0.123. The highest BCUT2D eigenvalue weighted by Crippen LogP contribution is 2.14. The Bertz CT molecular complexity index is 629. The molecule has 0 unspecified atom stereocenters. The van der Waals surface area contributed by atoms with E-state index in [1.54, 1.807) is 36.4 Å². The van der Waals surface area contributed by atoms with Crippen molar-refractivity contribution < 1.29 is 14.3 Å². The molecule has 0 saturated heterocycles. The molecule has 5 nitrogen and oxygen atoms in total. The molecule has 1 atom stereocenters. The van der Waals surface area contributed by atoms with E-state index < -0.39 is 18.0 Å². The molecule has 108 valence electrons. The molecule has 0 fully saturated rings. The van der Waals surface area contributed by atoms with Crippen LogP contribution >= 0.6 is 15.9 Å². The maximum Gasteiger partial charge on any atom is 0.357 e. The fraction of sp³-hybridized carbons (Fsp3) is 0.133. The molecular weight excluding hydrogens is 336 g/mol. The molecule has 0 spiro atoms. The van der Waals surface area contributed by atoms with Crippen molar-refractivity contribution in [1.82, 2.24) is 4.98 Å². The van der Waals surface area contributed by atoms with Gasteiger partial charge in [-0.25, -0.2) is 9.78 Å². The van der Waals surface area contributed by atoms with Crippen LogP contribution in [0, 0.1) is 0 Å². The first-order valence-electron chi connectivity index (χ1n) is 6.24. The monoisotopic (exact) mass is 348 g/mol. The Kier molecular flexibility index (Phi) is 5.05. The number of ether oxygens (including phenoxy) is 1. The Morgan fingerprint density at radius 2 is 1.90 bits per heavy atom. The summed E-state index contributed by atoms with van der Waals surface area (Å²) in [4.78, 5) is 27.6. The van der Waals surface area contributed by atoms with E-state index in [2.05, 4.69) is 26.2 Å². The summed E-state index contributed by atoms with van der Waals surface area (Å²) in [6.07, 6.45) is 0.575. The zero-order valence-electron chi connectivity index (χ0n) is 11.2. The Morgan fingerprint density at radius 1 is 1.19 bits per heavy atom. The minimum atomic E-state index is -0.914. The summed E-state index contributed by atoms with van der Waals surface area (Å²) >= 11 is 3.31. The molecule has 21 heavy (non-hydrogen) atoms. The Labute approximate surface area is 130 Å². The van der Waals surface area contributed by atoms with E-state index in [1.807, 2.05) is 0 Å². The summed E-state index contributed by atoms with van der Waals surface area (Å²) in [5.74, 6) is -1.03. The van der Waals surface area contributed by atoms with Gasteiger partial charge < -0.3 is 10.1 Å². The Morgan fingerprint density at radius 3 is 2.52 bits per heavy atom. The summed E-state index contributed by atoms with van der Waals surface area (Å²) in [6.45, 7) is 1.51. The normalized spacial score (nSPS) is 11.5. The average Bonchev–Trinajstić information content (AvgIpc) is 2.50. The van der Waals surface area contributed by atoms with E-state index in [4.69, 9.17) is 4.74 Å². The summed E-state index contributed by atoms with van der Waals surface area (Å²) in [6, 6.07) is 12.0. The number of rotatable bonds is 4. The van der Waals surface area contributed by atoms with Crippen molar-refractivity contribution in [3.05, 3.63) is 58.8 Å². The number of hydrogen-bond donors (Lipinski definition) is 1. The summed E-state index contributed by atoms with van der Waals surface area (Å²) in [7, 11) is 0. The molecule has 0 bridgehead atoms. The third-order valence-corrected chi connectivity index (χ3v) is 3.17. The lowest BCUT2D eigenvalue weighted by Crippen LogP contribution is -2.30.